The zero-order chi connectivity index (χ0) is 12.3. The van der Waals surface area contributed by atoms with Crippen molar-refractivity contribution in [3.8, 4) is 0 Å². The predicted octanol–water partition coefficient (Wildman–Crippen LogP) is 4.23. The van der Waals surface area contributed by atoms with E-state index in [9.17, 15) is 0 Å². The lowest BCUT2D eigenvalue weighted by atomic mass is 9.62. The van der Waals surface area contributed by atoms with Crippen LogP contribution in [0.4, 0.5) is 0 Å². The van der Waals surface area contributed by atoms with E-state index in [2.05, 4.69) is 26.1 Å². The molecule has 0 amide bonds. The average Bonchev–Trinajstić information content (AvgIpc) is 2.52. The first kappa shape index (κ1) is 13.4. The van der Waals surface area contributed by atoms with Gasteiger partial charge in [-0.15, -0.1) is 0 Å². The van der Waals surface area contributed by atoms with Gasteiger partial charge in [0, 0.05) is 0 Å². The summed E-state index contributed by atoms with van der Waals surface area (Å²) in [7, 11) is 0. The molecule has 2 aliphatic rings. The second kappa shape index (κ2) is 5.73. The molecule has 1 heterocycles. The van der Waals surface area contributed by atoms with Gasteiger partial charge in [-0.25, -0.2) is 0 Å². The smallest absolute Gasteiger partial charge is 0.00127 e. The predicted molar refractivity (Wildman–Crippen MR) is 75.1 cm³/mol. The van der Waals surface area contributed by atoms with Crippen LogP contribution in [-0.2, 0) is 0 Å². The summed E-state index contributed by atoms with van der Waals surface area (Å²) in [5.74, 6) is 2.80. The van der Waals surface area contributed by atoms with Gasteiger partial charge >= 0.3 is 0 Å². The van der Waals surface area contributed by atoms with Crippen LogP contribution in [0.2, 0.25) is 0 Å². The Morgan fingerprint density at radius 1 is 1.18 bits per heavy atom. The molecular formula is C16H31N. The number of piperidine rings is 1. The van der Waals surface area contributed by atoms with E-state index in [0.29, 0.717) is 5.41 Å². The minimum absolute atomic E-state index is 0.698. The lowest BCUT2D eigenvalue weighted by molar-refractivity contribution is 0.0524. The standard InChI is InChI=1S/C16H31N/c1-4-14-6-5-8-16(9-7-14)10-11-17-12-15(16)13(2)3/h13-15,17H,4-12H2,1-3H3. The molecule has 1 saturated heterocycles. The minimum Gasteiger partial charge on any atom is -0.316 e. The Labute approximate surface area is 108 Å². The van der Waals surface area contributed by atoms with Crippen LogP contribution in [0.15, 0.2) is 0 Å². The second-order valence-corrected chi connectivity index (χ2v) is 6.87. The Morgan fingerprint density at radius 3 is 2.71 bits per heavy atom. The molecule has 3 unspecified atom stereocenters. The number of hydrogen-bond acceptors (Lipinski definition) is 1. The van der Waals surface area contributed by atoms with Crippen molar-refractivity contribution < 1.29 is 0 Å². The molecule has 1 N–H and O–H groups in total. The fourth-order valence-corrected chi connectivity index (χ4v) is 4.47. The summed E-state index contributed by atoms with van der Waals surface area (Å²) in [5.41, 5.74) is 0.698. The molecule has 1 spiro atoms. The average molecular weight is 237 g/mol. The molecule has 1 aliphatic carbocycles. The third-order valence-electron chi connectivity index (χ3n) is 5.67. The summed E-state index contributed by atoms with van der Waals surface area (Å²) in [6, 6.07) is 0. The first-order chi connectivity index (χ1) is 8.18. The lowest BCUT2D eigenvalue weighted by Crippen LogP contribution is -2.47. The van der Waals surface area contributed by atoms with Crippen LogP contribution in [0.25, 0.3) is 0 Å². The van der Waals surface area contributed by atoms with E-state index < -0.39 is 0 Å². The molecule has 1 heteroatoms. The van der Waals surface area contributed by atoms with Gasteiger partial charge in [-0.2, -0.15) is 0 Å². The van der Waals surface area contributed by atoms with E-state index in [1.807, 2.05) is 0 Å². The third-order valence-corrected chi connectivity index (χ3v) is 5.67. The van der Waals surface area contributed by atoms with Crippen molar-refractivity contribution in [3.63, 3.8) is 0 Å². The van der Waals surface area contributed by atoms with Crippen LogP contribution in [0, 0.1) is 23.2 Å². The molecule has 0 aromatic heterocycles. The van der Waals surface area contributed by atoms with Gasteiger partial charge in [0.05, 0.1) is 0 Å². The van der Waals surface area contributed by atoms with E-state index in [4.69, 9.17) is 0 Å². The monoisotopic (exact) mass is 237 g/mol. The summed E-state index contributed by atoms with van der Waals surface area (Å²) >= 11 is 0. The van der Waals surface area contributed by atoms with Crippen molar-refractivity contribution in [1.29, 1.82) is 0 Å². The molecule has 0 aromatic rings. The van der Waals surface area contributed by atoms with Crippen molar-refractivity contribution in [2.24, 2.45) is 23.2 Å². The van der Waals surface area contributed by atoms with Crippen molar-refractivity contribution >= 4 is 0 Å². The van der Waals surface area contributed by atoms with Gasteiger partial charge in [0.2, 0.25) is 0 Å². The first-order valence-electron chi connectivity index (χ1n) is 7.88. The number of hydrogen-bond donors (Lipinski definition) is 1. The normalized spacial score (nSPS) is 39.5. The molecule has 17 heavy (non-hydrogen) atoms. The molecular weight excluding hydrogens is 206 g/mol. The minimum atomic E-state index is 0.698. The summed E-state index contributed by atoms with van der Waals surface area (Å²) in [6.45, 7) is 9.78. The fourth-order valence-electron chi connectivity index (χ4n) is 4.47. The van der Waals surface area contributed by atoms with Crippen molar-refractivity contribution in [2.75, 3.05) is 13.1 Å². The molecule has 2 fully saturated rings. The summed E-state index contributed by atoms with van der Waals surface area (Å²) in [5, 5.41) is 3.63. The van der Waals surface area contributed by atoms with Crippen LogP contribution < -0.4 is 5.32 Å². The largest absolute Gasteiger partial charge is 0.316 e. The topological polar surface area (TPSA) is 12.0 Å². The van der Waals surface area contributed by atoms with Crippen molar-refractivity contribution in [1.82, 2.24) is 5.32 Å². The Hall–Kier alpha value is -0.0400. The van der Waals surface area contributed by atoms with Crippen molar-refractivity contribution in [2.45, 2.75) is 65.7 Å². The maximum Gasteiger partial charge on any atom is -0.00127 e. The molecule has 1 saturated carbocycles. The molecule has 0 bridgehead atoms. The van der Waals surface area contributed by atoms with Crippen LogP contribution in [0.3, 0.4) is 0 Å². The maximum atomic E-state index is 3.63. The van der Waals surface area contributed by atoms with E-state index in [1.165, 1.54) is 58.0 Å². The van der Waals surface area contributed by atoms with Gasteiger partial charge in [-0.3, -0.25) is 0 Å². The molecule has 1 nitrogen and oxygen atoms in total. The number of rotatable bonds is 2. The van der Waals surface area contributed by atoms with Crippen LogP contribution >= 0.6 is 0 Å². The quantitative estimate of drug-likeness (QED) is 0.758. The third kappa shape index (κ3) is 2.86. The van der Waals surface area contributed by atoms with E-state index in [-0.39, 0.29) is 0 Å². The Balaban J connectivity index is 2.09. The lowest BCUT2D eigenvalue weighted by Gasteiger charge is -2.46. The van der Waals surface area contributed by atoms with Crippen LogP contribution in [0.5, 0.6) is 0 Å². The van der Waals surface area contributed by atoms with E-state index in [1.54, 1.807) is 0 Å². The fraction of sp³-hybridized carbons (Fsp3) is 1.00. The molecule has 0 aromatic carbocycles. The molecule has 2 rings (SSSR count). The van der Waals surface area contributed by atoms with E-state index in [0.717, 1.165) is 17.8 Å². The Morgan fingerprint density at radius 2 is 2.00 bits per heavy atom. The molecule has 0 radical (unpaired) electrons. The van der Waals surface area contributed by atoms with Gasteiger partial charge in [-0.1, -0.05) is 40.0 Å². The summed E-state index contributed by atoms with van der Waals surface area (Å²) < 4.78 is 0. The van der Waals surface area contributed by atoms with Crippen molar-refractivity contribution in [3.05, 3.63) is 0 Å². The highest BCUT2D eigenvalue weighted by atomic mass is 14.9. The number of nitrogens with one attached hydrogen (secondary N) is 1. The SMILES string of the molecule is CCC1CCCC2(CCNCC2C(C)C)CC1. The Kier molecular flexibility index (Phi) is 4.52. The highest BCUT2D eigenvalue weighted by molar-refractivity contribution is 4.94. The highest BCUT2D eigenvalue weighted by Gasteiger charge is 2.42. The summed E-state index contributed by atoms with van der Waals surface area (Å²) in [4.78, 5) is 0. The van der Waals surface area contributed by atoms with Gasteiger partial charge in [-0.05, 0) is 61.9 Å². The zero-order valence-electron chi connectivity index (χ0n) is 12.1. The molecule has 3 atom stereocenters. The Bertz CT molecular complexity index is 236. The summed E-state index contributed by atoms with van der Waals surface area (Å²) in [6.07, 6.45) is 10.3. The van der Waals surface area contributed by atoms with Crippen LogP contribution in [-0.4, -0.2) is 13.1 Å². The zero-order valence-corrected chi connectivity index (χ0v) is 12.1. The van der Waals surface area contributed by atoms with Gasteiger partial charge in [0.15, 0.2) is 0 Å². The highest BCUT2D eigenvalue weighted by Crippen LogP contribution is 2.49. The van der Waals surface area contributed by atoms with Crippen LogP contribution in [0.1, 0.15) is 65.7 Å². The first-order valence-corrected chi connectivity index (χ1v) is 7.88. The van der Waals surface area contributed by atoms with E-state index >= 15 is 0 Å². The molecule has 100 valence electrons. The van der Waals surface area contributed by atoms with Gasteiger partial charge < -0.3 is 5.32 Å². The van der Waals surface area contributed by atoms with Gasteiger partial charge in [0.1, 0.15) is 0 Å². The second-order valence-electron chi connectivity index (χ2n) is 6.87. The molecule has 1 aliphatic heterocycles. The van der Waals surface area contributed by atoms with Gasteiger partial charge in [0.25, 0.3) is 0 Å². The maximum absolute atomic E-state index is 3.63.